The van der Waals surface area contributed by atoms with Gasteiger partial charge in [0.05, 0.1) is 18.8 Å². The molecule has 0 saturated heterocycles. The Bertz CT molecular complexity index is 1080. The standard InChI is InChI=1S/C67H129NO3/c1-3-5-7-9-11-13-15-17-19-21-23-25-27-29-31-32-33-34-35-36-37-39-41-43-45-47-49-51-53-55-57-59-61-63-67(71)68-65(64-69)66(70)62-60-58-56-54-52-50-48-46-44-42-40-38-30-28-26-24-22-20-18-16-14-12-10-8-6-4-2/h15,17,21,23,27,29,65-66,69-70H,3-14,16,18-20,22,24-26,28,30-64H2,1-2H3,(H,68,71)/b17-15-,23-21-,29-27-. The van der Waals surface area contributed by atoms with E-state index in [1.807, 2.05) is 0 Å². The zero-order valence-electron chi connectivity index (χ0n) is 48.5. The number of hydrogen-bond acceptors (Lipinski definition) is 3. The van der Waals surface area contributed by atoms with Gasteiger partial charge in [-0.2, -0.15) is 0 Å². The molecule has 0 aromatic carbocycles. The zero-order valence-corrected chi connectivity index (χ0v) is 48.5. The van der Waals surface area contributed by atoms with Crippen molar-refractivity contribution in [2.24, 2.45) is 0 Å². The van der Waals surface area contributed by atoms with Crippen molar-refractivity contribution in [3.05, 3.63) is 36.5 Å². The number of rotatable bonds is 61. The lowest BCUT2D eigenvalue weighted by Gasteiger charge is -2.22. The highest BCUT2D eigenvalue weighted by Gasteiger charge is 2.20. The molecule has 3 N–H and O–H groups in total. The van der Waals surface area contributed by atoms with E-state index >= 15 is 0 Å². The fourth-order valence-electron chi connectivity index (χ4n) is 10.4. The van der Waals surface area contributed by atoms with E-state index in [9.17, 15) is 15.0 Å². The lowest BCUT2D eigenvalue weighted by molar-refractivity contribution is -0.123. The van der Waals surface area contributed by atoms with Crippen LogP contribution >= 0.6 is 0 Å². The van der Waals surface area contributed by atoms with E-state index in [-0.39, 0.29) is 12.5 Å². The number of unbranched alkanes of at least 4 members (excludes halogenated alkanes) is 48. The fourth-order valence-corrected chi connectivity index (χ4v) is 10.4. The molecule has 0 heterocycles. The Morgan fingerprint density at radius 3 is 0.859 bits per heavy atom. The summed E-state index contributed by atoms with van der Waals surface area (Å²) in [5.41, 5.74) is 0. The molecule has 0 bridgehead atoms. The number of aliphatic hydroxyl groups is 2. The highest BCUT2D eigenvalue weighted by molar-refractivity contribution is 5.76. The van der Waals surface area contributed by atoms with Crippen molar-refractivity contribution in [3.63, 3.8) is 0 Å². The van der Waals surface area contributed by atoms with Gasteiger partial charge in [0.1, 0.15) is 0 Å². The van der Waals surface area contributed by atoms with Crippen LogP contribution in [0, 0.1) is 0 Å². The third-order valence-electron chi connectivity index (χ3n) is 15.4. The molecule has 0 aliphatic rings. The number of hydrogen-bond donors (Lipinski definition) is 3. The van der Waals surface area contributed by atoms with Gasteiger partial charge in [-0.1, -0.05) is 346 Å². The summed E-state index contributed by atoms with van der Waals surface area (Å²) in [4.78, 5) is 12.5. The van der Waals surface area contributed by atoms with Crippen LogP contribution in [0.2, 0.25) is 0 Å². The van der Waals surface area contributed by atoms with Crippen LogP contribution < -0.4 is 5.32 Å². The van der Waals surface area contributed by atoms with Crippen LogP contribution in [0.25, 0.3) is 0 Å². The van der Waals surface area contributed by atoms with Crippen LogP contribution in [-0.2, 0) is 4.79 Å². The van der Waals surface area contributed by atoms with Crippen LogP contribution in [0.3, 0.4) is 0 Å². The predicted molar refractivity (Wildman–Crippen MR) is 318 cm³/mol. The molecule has 0 aromatic rings. The van der Waals surface area contributed by atoms with E-state index in [0.717, 1.165) is 38.5 Å². The van der Waals surface area contributed by atoms with Gasteiger partial charge in [0.15, 0.2) is 0 Å². The first-order valence-corrected chi connectivity index (χ1v) is 32.7. The second-order valence-electron chi connectivity index (χ2n) is 22.5. The third kappa shape index (κ3) is 59.4. The number of amides is 1. The minimum absolute atomic E-state index is 0.0243. The first-order chi connectivity index (χ1) is 35.2. The molecule has 2 unspecified atom stereocenters. The molecule has 420 valence electrons. The molecule has 0 radical (unpaired) electrons. The van der Waals surface area contributed by atoms with Crippen LogP contribution in [-0.4, -0.2) is 34.9 Å². The van der Waals surface area contributed by atoms with E-state index in [4.69, 9.17) is 0 Å². The molecule has 0 aliphatic carbocycles. The lowest BCUT2D eigenvalue weighted by atomic mass is 10.0. The lowest BCUT2D eigenvalue weighted by Crippen LogP contribution is -2.45. The van der Waals surface area contributed by atoms with Gasteiger partial charge < -0.3 is 15.5 Å². The van der Waals surface area contributed by atoms with Gasteiger partial charge in [0.25, 0.3) is 0 Å². The summed E-state index contributed by atoms with van der Waals surface area (Å²) >= 11 is 0. The highest BCUT2D eigenvalue weighted by atomic mass is 16.3. The SMILES string of the molecule is CCCCCCC/C=C\C/C=C\C/C=C\CCCCCCCCCCCCCCCCCCCCC(=O)NC(CO)C(O)CCCCCCCCCCCCCCCCCCCCCCCCCCCC. The van der Waals surface area contributed by atoms with Gasteiger partial charge >= 0.3 is 0 Å². The molecule has 0 rings (SSSR count). The molecule has 2 atom stereocenters. The molecule has 0 fully saturated rings. The average molecular weight is 997 g/mol. The molecular formula is C67H129NO3. The van der Waals surface area contributed by atoms with Crippen molar-refractivity contribution in [1.82, 2.24) is 5.32 Å². The van der Waals surface area contributed by atoms with E-state index in [0.29, 0.717) is 12.8 Å². The topological polar surface area (TPSA) is 69.6 Å². The zero-order chi connectivity index (χ0) is 51.3. The van der Waals surface area contributed by atoms with E-state index < -0.39 is 12.1 Å². The molecule has 4 heteroatoms. The van der Waals surface area contributed by atoms with Crippen molar-refractivity contribution in [3.8, 4) is 0 Å². The minimum Gasteiger partial charge on any atom is -0.394 e. The van der Waals surface area contributed by atoms with E-state index in [1.165, 1.54) is 302 Å². The molecule has 0 aromatic heterocycles. The maximum atomic E-state index is 12.5. The number of aliphatic hydroxyl groups excluding tert-OH is 2. The first-order valence-electron chi connectivity index (χ1n) is 32.7. The van der Waals surface area contributed by atoms with Crippen LogP contribution in [0.1, 0.15) is 367 Å². The van der Waals surface area contributed by atoms with Gasteiger partial charge in [0, 0.05) is 6.42 Å². The molecular weight excluding hydrogens is 867 g/mol. The van der Waals surface area contributed by atoms with Crippen LogP contribution in [0.15, 0.2) is 36.5 Å². The Labute approximate surface area is 446 Å². The maximum Gasteiger partial charge on any atom is 0.220 e. The molecule has 71 heavy (non-hydrogen) atoms. The number of allylic oxidation sites excluding steroid dienone is 6. The Kier molecular flexibility index (Phi) is 61.7. The summed E-state index contributed by atoms with van der Waals surface area (Å²) < 4.78 is 0. The Morgan fingerprint density at radius 2 is 0.577 bits per heavy atom. The molecule has 0 saturated carbocycles. The largest absolute Gasteiger partial charge is 0.394 e. The maximum absolute atomic E-state index is 12.5. The van der Waals surface area contributed by atoms with Crippen LogP contribution in [0.4, 0.5) is 0 Å². The van der Waals surface area contributed by atoms with Crippen molar-refractivity contribution >= 4 is 5.91 Å². The third-order valence-corrected chi connectivity index (χ3v) is 15.4. The molecule has 1 amide bonds. The van der Waals surface area contributed by atoms with Crippen molar-refractivity contribution in [1.29, 1.82) is 0 Å². The van der Waals surface area contributed by atoms with Crippen molar-refractivity contribution in [2.45, 2.75) is 379 Å². The molecule has 0 aliphatic heterocycles. The summed E-state index contributed by atoms with van der Waals surface area (Å²) in [6.07, 6.45) is 86.0. The minimum atomic E-state index is -0.660. The predicted octanol–water partition coefficient (Wildman–Crippen LogP) is 22.0. The molecule has 0 spiro atoms. The summed E-state index contributed by atoms with van der Waals surface area (Å²) in [5, 5.41) is 23.4. The monoisotopic (exact) mass is 996 g/mol. The van der Waals surface area contributed by atoms with Crippen molar-refractivity contribution in [2.75, 3.05) is 6.61 Å². The Morgan fingerprint density at radius 1 is 0.338 bits per heavy atom. The normalized spacial score (nSPS) is 12.9. The van der Waals surface area contributed by atoms with E-state index in [1.54, 1.807) is 0 Å². The van der Waals surface area contributed by atoms with Gasteiger partial charge in [-0.15, -0.1) is 0 Å². The summed E-state index contributed by atoms with van der Waals surface area (Å²) in [6, 6.07) is -0.537. The smallest absolute Gasteiger partial charge is 0.220 e. The number of carbonyl (C=O) groups is 1. The Hall–Kier alpha value is -1.39. The summed E-state index contributed by atoms with van der Waals surface area (Å²) in [5.74, 6) is -0.0243. The van der Waals surface area contributed by atoms with Crippen LogP contribution in [0.5, 0.6) is 0 Å². The average Bonchev–Trinajstić information content (AvgIpc) is 3.37. The second kappa shape index (κ2) is 62.9. The fraction of sp³-hybridized carbons (Fsp3) is 0.896. The number of nitrogens with one attached hydrogen (secondary N) is 1. The first kappa shape index (κ1) is 69.6. The number of carbonyl (C=O) groups excluding carboxylic acids is 1. The Balaban J connectivity index is 3.41. The van der Waals surface area contributed by atoms with Crippen molar-refractivity contribution < 1.29 is 15.0 Å². The second-order valence-corrected chi connectivity index (χ2v) is 22.5. The van der Waals surface area contributed by atoms with Gasteiger partial charge in [0.2, 0.25) is 5.91 Å². The van der Waals surface area contributed by atoms with E-state index in [2.05, 4.69) is 55.6 Å². The molecule has 4 nitrogen and oxygen atoms in total. The van der Waals surface area contributed by atoms with Gasteiger partial charge in [-0.3, -0.25) is 4.79 Å². The summed E-state index contributed by atoms with van der Waals surface area (Å²) in [6.45, 7) is 4.39. The highest BCUT2D eigenvalue weighted by Crippen LogP contribution is 2.19. The quantitative estimate of drug-likeness (QED) is 0.0420. The van der Waals surface area contributed by atoms with Gasteiger partial charge in [-0.25, -0.2) is 0 Å². The summed E-state index contributed by atoms with van der Waals surface area (Å²) in [7, 11) is 0. The van der Waals surface area contributed by atoms with Gasteiger partial charge in [-0.05, 0) is 51.4 Å².